The fraction of sp³-hybridized carbons (Fsp3) is 0. The van der Waals surface area contributed by atoms with Gasteiger partial charge in [0.25, 0.3) is 0 Å². The summed E-state index contributed by atoms with van der Waals surface area (Å²) in [7, 11) is 0. The Balaban J connectivity index is 3.15. The Morgan fingerprint density at radius 2 is 2.18 bits per heavy atom. The molecule has 0 saturated heterocycles. The van der Waals surface area contributed by atoms with Crippen LogP contribution in [-0.2, 0) is 0 Å². The molecular weight excluding hydrogens is 182 g/mol. The van der Waals surface area contributed by atoms with Gasteiger partial charge in [0, 0.05) is 10.5 Å². The molecule has 0 unspecified atom stereocenters. The van der Waals surface area contributed by atoms with Crippen molar-refractivity contribution >= 4 is 30.1 Å². The molecule has 1 amide bonds. The van der Waals surface area contributed by atoms with Crippen molar-refractivity contribution < 1.29 is 4.79 Å². The van der Waals surface area contributed by atoms with Crippen LogP contribution in [0.5, 0.6) is 0 Å². The monoisotopic (exact) mass is 187 g/mol. The topological polar surface area (TPSA) is 43.1 Å². The lowest BCUT2D eigenvalue weighted by Crippen LogP contribution is -2.10. The maximum Gasteiger partial charge on any atom is 0.248 e. The molecule has 2 N–H and O–H groups in total. The summed E-state index contributed by atoms with van der Waals surface area (Å²) in [6.45, 7) is 0. The number of primary amides is 1. The first kappa shape index (κ1) is 8.43. The molecule has 11 heavy (non-hydrogen) atoms. The van der Waals surface area contributed by atoms with Crippen LogP contribution in [0.4, 0.5) is 0 Å². The number of thiol groups is 1. The Labute approximate surface area is 74.8 Å². The van der Waals surface area contributed by atoms with Gasteiger partial charge in [-0.05, 0) is 18.2 Å². The predicted octanol–water partition coefficient (Wildman–Crippen LogP) is 1.73. The lowest BCUT2D eigenvalue weighted by molar-refractivity contribution is 0.1000. The average molecular weight is 188 g/mol. The van der Waals surface area contributed by atoms with Gasteiger partial charge in [-0.2, -0.15) is 0 Å². The van der Waals surface area contributed by atoms with Crippen molar-refractivity contribution in [2.45, 2.75) is 4.90 Å². The average Bonchev–Trinajstić information content (AvgIpc) is 1.94. The molecular formula is C7H6ClNOS. The van der Waals surface area contributed by atoms with E-state index < -0.39 is 5.91 Å². The third-order valence-electron chi connectivity index (χ3n) is 1.23. The van der Waals surface area contributed by atoms with Crippen molar-refractivity contribution in [2.24, 2.45) is 5.73 Å². The van der Waals surface area contributed by atoms with Crippen LogP contribution in [0.2, 0.25) is 5.02 Å². The van der Waals surface area contributed by atoms with Crippen molar-refractivity contribution in [1.82, 2.24) is 0 Å². The molecule has 58 valence electrons. The highest BCUT2D eigenvalue weighted by molar-refractivity contribution is 7.80. The van der Waals surface area contributed by atoms with E-state index in [2.05, 4.69) is 12.6 Å². The number of carbonyl (C=O) groups is 1. The Hall–Kier alpha value is -0.670. The molecule has 0 saturated carbocycles. The lowest BCUT2D eigenvalue weighted by Gasteiger charge is -1.97. The van der Waals surface area contributed by atoms with E-state index in [1.54, 1.807) is 12.1 Å². The summed E-state index contributed by atoms with van der Waals surface area (Å²) < 4.78 is 0. The molecule has 1 aromatic rings. The molecule has 0 spiro atoms. The fourth-order valence-electron chi connectivity index (χ4n) is 0.666. The van der Waals surface area contributed by atoms with Crippen LogP contribution in [0.3, 0.4) is 0 Å². The van der Waals surface area contributed by atoms with Gasteiger partial charge in [0.15, 0.2) is 0 Å². The predicted molar refractivity (Wildman–Crippen MR) is 47.2 cm³/mol. The number of nitrogens with two attached hydrogens (primary N) is 1. The summed E-state index contributed by atoms with van der Waals surface area (Å²) in [6.07, 6.45) is 0. The van der Waals surface area contributed by atoms with E-state index in [0.29, 0.717) is 15.5 Å². The summed E-state index contributed by atoms with van der Waals surface area (Å²) in [5, 5.41) is 0.512. The van der Waals surface area contributed by atoms with Crippen LogP contribution in [0.25, 0.3) is 0 Å². The van der Waals surface area contributed by atoms with Gasteiger partial charge in [-0.1, -0.05) is 11.6 Å². The Kier molecular flexibility index (Phi) is 2.42. The molecule has 4 heteroatoms. The van der Waals surface area contributed by atoms with Crippen LogP contribution in [-0.4, -0.2) is 5.91 Å². The van der Waals surface area contributed by atoms with E-state index in [-0.39, 0.29) is 0 Å². The molecule has 0 atom stereocenters. The molecule has 0 aromatic heterocycles. The van der Waals surface area contributed by atoms with Gasteiger partial charge in [-0.15, -0.1) is 12.6 Å². The van der Waals surface area contributed by atoms with E-state index >= 15 is 0 Å². The number of amides is 1. The summed E-state index contributed by atoms with van der Waals surface area (Å²) in [5.74, 6) is -0.475. The molecule has 0 aliphatic rings. The van der Waals surface area contributed by atoms with Crippen molar-refractivity contribution in [3.63, 3.8) is 0 Å². The number of carbonyl (C=O) groups excluding carboxylic acids is 1. The van der Waals surface area contributed by atoms with Crippen LogP contribution in [0.1, 0.15) is 10.4 Å². The largest absolute Gasteiger partial charge is 0.366 e. The van der Waals surface area contributed by atoms with Crippen molar-refractivity contribution in [2.75, 3.05) is 0 Å². The van der Waals surface area contributed by atoms with Crippen molar-refractivity contribution in [3.8, 4) is 0 Å². The number of benzene rings is 1. The third-order valence-corrected chi connectivity index (χ3v) is 2.06. The van der Waals surface area contributed by atoms with E-state index in [0.717, 1.165) is 0 Å². The number of hydrogen-bond acceptors (Lipinski definition) is 2. The maximum atomic E-state index is 10.6. The standard InChI is InChI=1S/C7H6ClNOS/c8-5-2-1-4(7(9)10)3-6(5)11/h1-3,11H,(H2,9,10). The Morgan fingerprint density at radius 1 is 1.55 bits per heavy atom. The molecule has 1 rings (SSSR count). The van der Waals surface area contributed by atoms with Gasteiger partial charge < -0.3 is 5.73 Å². The zero-order chi connectivity index (χ0) is 8.43. The van der Waals surface area contributed by atoms with Crippen LogP contribution in [0.15, 0.2) is 23.1 Å². The first-order chi connectivity index (χ1) is 5.11. The Bertz CT molecular complexity index is 300. The third kappa shape index (κ3) is 1.88. The highest BCUT2D eigenvalue weighted by Crippen LogP contribution is 2.20. The summed E-state index contributed by atoms with van der Waals surface area (Å²) in [5.41, 5.74) is 5.43. The summed E-state index contributed by atoms with van der Waals surface area (Å²) >= 11 is 9.68. The van der Waals surface area contributed by atoms with Gasteiger partial charge >= 0.3 is 0 Å². The van der Waals surface area contributed by atoms with Crippen molar-refractivity contribution in [1.29, 1.82) is 0 Å². The van der Waals surface area contributed by atoms with E-state index in [1.165, 1.54) is 6.07 Å². The van der Waals surface area contributed by atoms with E-state index in [1.807, 2.05) is 0 Å². The number of rotatable bonds is 1. The Morgan fingerprint density at radius 3 is 2.64 bits per heavy atom. The highest BCUT2D eigenvalue weighted by atomic mass is 35.5. The van der Waals surface area contributed by atoms with Crippen LogP contribution < -0.4 is 5.73 Å². The minimum atomic E-state index is -0.475. The van der Waals surface area contributed by atoms with E-state index in [4.69, 9.17) is 17.3 Å². The zero-order valence-electron chi connectivity index (χ0n) is 5.54. The zero-order valence-corrected chi connectivity index (χ0v) is 7.19. The van der Waals surface area contributed by atoms with Gasteiger partial charge in [0.05, 0.1) is 5.02 Å². The molecule has 0 aliphatic heterocycles. The van der Waals surface area contributed by atoms with Crippen LogP contribution >= 0.6 is 24.2 Å². The molecule has 0 bridgehead atoms. The number of hydrogen-bond donors (Lipinski definition) is 2. The second-order valence-electron chi connectivity index (χ2n) is 2.03. The van der Waals surface area contributed by atoms with Crippen LogP contribution in [0, 0.1) is 0 Å². The number of halogens is 1. The fourth-order valence-corrected chi connectivity index (χ4v) is 0.997. The molecule has 0 heterocycles. The second-order valence-corrected chi connectivity index (χ2v) is 2.92. The molecule has 1 aromatic carbocycles. The summed E-state index contributed by atoms with van der Waals surface area (Å²) in [6, 6.07) is 4.68. The first-order valence-corrected chi connectivity index (χ1v) is 3.72. The lowest BCUT2D eigenvalue weighted by atomic mass is 10.2. The van der Waals surface area contributed by atoms with Gasteiger partial charge in [0.1, 0.15) is 0 Å². The normalized spacial score (nSPS) is 9.64. The summed E-state index contributed by atoms with van der Waals surface area (Å²) in [4.78, 5) is 11.2. The molecule has 0 aliphatic carbocycles. The van der Waals surface area contributed by atoms with Crippen molar-refractivity contribution in [3.05, 3.63) is 28.8 Å². The smallest absolute Gasteiger partial charge is 0.248 e. The van der Waals surface area contributed by atoms with E-state index in [9.17, 15) is 4.79 Å². The quantitative estimate of drug-likeness (QED) is 0.647. The minimum Gasteiger partial charge on any atom is -0.366 e. The van der Waals surface area contributed by atoms with Gasteiger partial charge in [0.2, 0.25) is 5.91 Å². The molecule has 2 nitrogen and oxygen atoms in total. The maximum absolute atomic E-state index is 10.6. The molecule has 0 fully saturated rings. The SMILES string of the molecule is NC(=O)c1ccc(Cl)c(S)c1. The first-order valence-electron chi connectivity index (χ1n) is 2.89. The minimum absolute atomic E-state index is 0.416. The van der Waals surface area contributed by atoms with Gasteiger partial charge in [-0.3, -0.25) is 4.79 Å². The second kappa shape index (κ2) is 3.15. The van der Waals surface area contributed by atoms with Gasteiger partial charge in [-0.25, -0.2) is 0 Å². The highest BCUT2D eigenvalue weighted by Gasteiger charge is 2.01. The molecule has 0 radical (unpaired) electrons.